The van der Waals surface area contributed by atoms with Crippen LogP contribution in [-0.2, 0) is 6.54 Å². The van der Waals surface area contributed by atoms with Gasteiger partial charge in [0, 0.05) is 12.6 Å². The van der Waals surface area contributed by atoms with Gasteiger partial charge in [0.2, 0.25) is 0 Å². The Balaban J connectivity index is 0.00000162. The van der Waals surface area contributed by atoms with Crippen LogP contribution in [0.5, 0.6) is 0 Å². The van der Waals surface area contributed by atoms with E-state index in [0.717, 1.165) is 19.0 Å². The highest BCUT2D eigenvalue weighted by Crippen LogP contribution is 2.05. The van der Waals surface area contributed by atoms with Gasteiger partial charge in [0.25, 0.3) is 0 Å². The molecule has 2 rings (SSSR count). The zero-order valence-corrected chi connectivity index (χ0v) is 13.7. The van der Waals surface area contributed by atoms with Crippen LogP contribution in [0.4, 0.5) is 0 Å². The van der Waals surface area contributed by atoms with Gasteiger partial charge < -0.3 is 10.6 Å². The molecular formula is C13H20IN3S. The van der Waals surface area contributed by atoms with Gasteiger partial charge in [0.15, 0.2) is 5.96 Å². The summed E-state index contributed by atoms with van der Waals surface area (Å²) in [6, 6.07) is 10.9. The molecule has 1 aliphatic rings. The van der Waals surface area contributed by atoms with Crippen molar-refractivity contribution in [1.29, 1.82) is 0 Å². The Bertz CT molecular complexity index is 370. The van der Waals surface area contributed by atoms with Crippen molar-refractivity contribution in [3.63, 3.8) is 0 Å². The van der Waals surface area contributed by atoms with Crippen LogP contribution in [0.2, 0.25) is 0 Å². The standard InChI is InChI=1S/C13H19N3S.HI/c1-17-8-7-12-10-15-13(16-12)14-9-11-5-3-2-4-6-11;/h2-6,12H,7-10H2,1H3,(H2,14,15,16);1H/t12-;/m0./s1. The number of benzene rings is 1. The smallest absolute Gasteiger partial charge is 0.191 e. The highest BCUT2D eigenvalue weighted by Gasteiger charge is 2.15. The SMILES string of the molecule is CSCC[C@H]1CN=C(NCc2ccccc2)N1.I. The summed E-state index contributed by atoms with van der Waals surface area (Å²) in [5.74, 6) is 2.14. The average Bonchev–Trinajstić information content (AvgIpc) is 2.83. The number of nitrogens with one attached hydrogen (secondary N) is 2. The Morgan fingerprint density at radius 1 is 1.39 bits per heavy atom. The van der Waals surface area contributed by atoms with Gasteiger partial charge in [-0.15, -0.1) is 24.0 Å². The van der Waals surface area contributed by atoms with Crippen LogP contribution in [0.25, 0.3) is 0 Å². The van der Waals surface area contributed by atoms with Crippen LogP contribution in [0.3, 0.4) is 0 Å². The zero-order valence-electron chi connectivity index (χ0n) is 10.6. The fraction of sp³-hybridized carbons (Fsp3) is 0.462. The van der Waals surface area contributed by atoms with E-state index in [1.807, 2.05) is 17.8 Å². The van der Waals surface area contributed by atoms with Crippen molar-refractivity contribution in [3.05, 3.63) is 35.9 Å². The van der Waals surface area contributed by atoms with Crippen LogP contribution in [-0.4, -0.2) is 30.6 Å². The van der Waals surface area contributed by atoms with E-state index in [4.69, 9.17) is 0 Å². The lowest BCUT2D eigenvalue weighted by molar-refractivity contribution is 0.634. The molecule has 2 N–H and O–H groups in total. The van der Waals surface area contributed by atoms with Crippen LogP contribution >= 0.6 is 35.7 Å². The van der Waals surface area contributed by atoms with E-state index < -0.39 is 0 Å². The molecule has 100 valence electrons. The van der Waals surface area contributed by atoms with E-state index in [1.54, 1.807) is 0 Å². The van der Waals surface area contributed by atoms with Gasteiger partial charge in [0.1, 0.15) is 0 Å². The number of halogens is 1. The van der Waals surface area contributed by atoms with Gasteiger partial charge in [-0.3, -0.25) is 4.99 Å². The normalized spacial score (nSPS) is 17.6. The third kappa shape index (κ3) is 5.06. The maximum absolute atomic E-state index is 4.47. The number of rotatable bonds is 5. The summed E-state index contributed by atoms with van der Waals surface area (Å²) >= 11 is 1.89. The van der Waals surface area contributed by atoms with Crippen molar-refractivity contribution in [2.75, 3.05) is 18.6 Å². The van der Waals surface area contributed by atoms with Crippen molar-refractivity contribution in [2.24, 2.45) is 4.99 Å². The highest BCUT2D eigenvalue weighted by molar-refractivity contribution is 14.0. The zero-order chi connectivity index (χ0) is 11.9. The Labute approximate surface area is 130 Å². The van der Waals surface area contributed by atoms with Crippen molar-refractivity contribution in [1.82, 2.24) is 10.6 Å². The van der Waals surface area contributed by atoms with E-state index in [0.29, 0.717) is 6.04 Å². The number of aliphatic imine (C=N–C) groups is 1. The van der Waals surface area contributed by atoms with E-state index in [2.05, 4.69) is 46.1 Å². The molecule has 0 saturated heterocycles. The molecule has 1 aromatic carbocycles. The fourth-order valence-electron chi connectivity index (χ4n) is 1.80. The lowest BCUT2D eigenvalue weighted by Crippen LogP contribution is -2.38. The van der Waals surface area contributed by atoms with E-state index in [9.17, 15) is 0 Å². The van der Waals surface area contributed by atoms with Gasteiger partial charge in [0.05, 0.1) is 6.54 Å². The molecular weight excluding hydrogens is 357 g/mol. The Morgan fingerprint density at radius 2 is 2.17 bits per heavy atom. The summed E-state index contributed by atoms with van der Waals surface area (Å²) in [7, 11) is 0. The van der Waals surface area contributed by atoms with Gasteiger partial charge in [-0.2, -0.15) is 11.8 Å². The Morgan fingerprint density at radius 3 is 2.89 bits per heavy atom. The molecule has 0 aliphatic carbocycles. The fourth-order valence-corrected chi connectivity index (χ4v) is 2.32. The molecule has 3 nitrogen and oxygen atoms in total. The molecule has 0 bridgehead atoms. The minimum Gasteiger partial charge on any atom is -0.352 e. The van der Waals surface area contributed by atoms with E-state index in [-0.39, 0.29) is 24.0 Å². The number of hydrogen-bond donors (Lipinski definition) is 2. The molecule has 0 amide bonds. The molecule has 0 saturated carbocycles. The van der Waals surface area contributed by atoms with Crippen molar-refractivity contribution >= 4 is 41.7 Å². The molecule has 0 spiro atoms. The molecule has 5 heteroatoms. The quantitative estimate of drug-likeness (QED) is 0.775. The molecule has 1 atom stereocenters. The van der Waals surface area contributed by atoms with E-state index >= 15 is 0 Å². The first-order valence-corrected chi connectivity index (χ1v) is 7.35. The summed E-state index contributed by atoms with van der Waals surface area (Å²) < 4.78 is 0. The van der Waals surface area contributed by atoms with Crippen LogP contribution in [0, 0.1) is 0 Å². The third-order valence-electron chi connectivity index (χ3n) is 2.78. The van der Waals surface area contributed by atoms with Crippen molar-refractivity contribution < 1.29 is 0 Å². The molecule has 1 aliphatic heterocycles. The molecule has 1 aromatic rings. The van der Waals surface area contributed by atoms with Crippen LogP contribution < -0.4 is 10.6 Å². The molecule has 18 heavy (non-hydrogen) atoms. The summed E-state index contributed by atoms with van der Waals surface area (Å²) in [6.45, 7) is 1.74. The minimum absolute atomic E-state index is 0. The molecule has 0 unspecified atom stereocenters. The molecule has 0 aromatic heterocycles. The maximum Gasteiger partial charge on any atom is 0.191 e. The Hall–Kier alpha value is -0.430. The second-order valence-electron chi connectivity index (χ2n) is 4.15. The second-order valence-corrected chi connectivity index (χ2v) is 5.14. The van der Waals surface area contributed by atoms with Crippen LogP contribution in [0.15, 0.2) is 35.3 Å². The first kappa shape index (κ1) is 15.6. The third-order valence-corrected chi connectivity index (χ3v) is 3.43. The lowest BCUT2D eigenvalue weighted by Gasteiger charge is -2.12. The number of guanidine groups is 1. The predicted octanol–water partition coefficient (Wildman–Crippen LogP) is 2.48. The van der Waals surface area contributed by atoms with Gasteiger partial charge in [-0.25, -0.2) is 0 Å². The number of hydrogen-bond acceptors (Lipinski definition) is 4. The van der Waals surface area contributed by atoms with E-state index in [1.165, 1.54) is 17.7 Å². The number of thioether (sulfide) groups is 1. The topological polar surface area (TPSA) is 36.4 Å². The second kappa shape index (κ2) is 8.63. The largest absolute Gasteiger partial charge is 0.352 e. The maximum atomic E-state index is 4.47. The molecule has 1 heterocycles. The molecule has 0 fully saturated rings. The molecule has 0 radical (unpaired) electrons. The minimum atomic E-state index is 0. The lowest BCUT2D eigenvalue weighted by atomic mass is 10.2. The highest BCUT2D eigenvalue weighted by atomic mass is 127. The number of nitrogens with zero attached hydrogens (tertiary/aromatic N) is 1. The summed E-state index contributed by atoms with van der Waals surface area (Å²) in [6.07, 6.45) is 3.32. The predicted molar refractivity (Wildman–Crippen MR) is 90.9 cm³/mol. The van der Waals surface area contributed by atoms with Gasteiger partial charge in [-0.05, 0) is 24.0 Å². The van der Waals surface area contributed by atoms with Gasteiger partial charge >= 0.3 is 0 Å². The first-order valence-electron chi connectivity index (χ1n) is 5.96. The van der Waals surface area contributed by atoms with Crippen LogP contribution in [0.1, 0.15) is 12.0 Å². The van der Waals surface area contributed by atoms with Crippen molar-refractivity contribution in [3.8, 4) is 0 Å². The van der Waals surface area contributed by atoms with Gasteiger partial charge in [-0.1, -0.05) is 30.3 Å². The first-order chi connectivity index (χ1) is 8.38. The monoisotopic (exact) mass is 377 g/mol. The average molecular weight is 377 g/mol. The van der Waals surface area contributed by atoms with Crippen molar-refractivity contribution in [2.45, 2.75) is 19.0 Å². The Kier molecular flexibility index (Phi) is 7.50. The summed E-state index contributed by atoms with van der Waals surface area (Å²) in [5.41, 5.74) is 1.28. The summed E-state index contributed by atoms with van der Waals surface area (Å²) in [4.78, 5) is 4.47. The summed E-state index contributed by atoms with van der Waals surface area (Å²) in [5, 5.41) is 6.76.